The first-order chi connectivity index (χ1) is 7.40. The summed E-state index contributed by atoms with van der Waals surface area (Å²) in [6, 6.07) is 4.75. The van der Waals surface area contributed by atoms with E-state index in [1.807, 2.05) is 13.8 Å². The van der Waals surface area contributed by atoms with Gasteiger partial charge in [0.1, 0.15) is 0 Å². The van der Waals surface area contributed by atoms with Gasteiger partial charge in [0, 0.05) is 4.90 Å². The van der Waals surface area contributed by atoms with E-state index in [1.54, 1.807) is 12.1 Å². The molecule has 16 heavy (non-hydrogen) atoms. The summed E-state index contributed by atoms with van der Waals surface area (Å²) in [4.78, 5) is 23.4. The molecule has 0 bridgehead atoms. The summed E-state index contributed by atoms with van der Waals surface area (Å²) < 4.78 is -0.516. The van der Waals surface area contributed by atoms with Crippen LogP contribution in [0.4, 0.5) is 5.69 Å². The minimum atomic E-state index is -0.994. The van der Waals surface area contributed by atoms with E-state index in [0.717, 1.165) is 4.90 Å². The molecule has 1 amide bonds. The maximum Gasteiger partial charge on any atom is 0.335 e. The molecule has 84 valence electrons. The van der Waals surface area contributed by atoms with Crippen molar-refractivity contribution in [1.29, 1.82) is 0 Å². The van der Waals surface area contributed by atoms with Crippen molar-refractivity contribution < 1.29 is 14.7 Å². The summed E-state index contributed by atoms with van der Waals surface area (Å²) in [6.45, 7) is 3.67. The zero-order chi connectivity index (χ0) is 11.9. The van der Waals surface area contributed by atoms with Gasteiger partial charge in [-0.15, -0.1) is 11.8 Å². The van der Waals surface area contributed by atoms with Crippen molar-refractivity contribution in [1.82, 2.24) is 0 Å². The zero-order valence-corrected chi connectivity index (χ0v) is 9.72. The van der Waals surface area contributed by atoms with Gasteiger partial charge in [0.05, 0.1) is 16.0 Å². The highest BCUT2D eigenvalue weighted by Gasteiger charge is 2.34. The van der Waals surface area contributed by atoms with Crippen molar-refractivity contribution in [2.45, 2.75) is 23.5 Å². The molecule has 1 heterocycles. The Morgan fingerprint density at radius 2 is 2.12 bits per heavy atom. The topological polar surface area (TPSA) is 66.4 Å². The van der Waals surface area contributed by atoms with Gasteiger partial charge in [-0.1, -0.05) is 0 Å². The highest BCUT2D eigenvalue weighted by molar-refractivity contribution is 8.01. The maximum absolute atomic E-state index is 11.7. The largest absolute Gasteiger partial charge is 0.478 e. The smallest absolute Gasteiger partial charge is 0.335 e. The second kappa shape index (κ2) is 3.52. The molecule has 0 atom stereocenters. The molecular weight excluding hydrogens is 226 g/mol. The number of amides is 1. The fourth-order valence-electron chi connectivity index (χ4n) is 1.44. The predicted molar refractivity (Wildman–Crippen MR) is 62.0 cm³/mol. The quantitative estimate of drug-likeness (QED) is 0.785. The van der Waals surface area contributed by atoms with Gasteiger partial charge in [0.15, 0.2) is 0 Å². The third kappa shape index (κ3) is 1.78. The molecule has 0 saturated heterocycles. The number of rotatable bonds is 1. The molecule has 1 aliphatic heterocycles. The minimum Gasteiger partial charge on any atom is -0.478 e. The third-order valence-electron chi connectivity index (χ3n) is 2.39. The molecular formula is C11H11NO3S. The van der Waals surface area contributed by atoms with Crippen molar-refractivity contribution in [2.24, 2.45) is 0 Å². The van der Waals surface area contributed by atoms with E-state index in [1.165, 1.54) is 17.8 Å². The number of carbonyl (C=O) groups excluding carboxylic acids is 1. The van der Waals surface area contributed by atoms with E-state index in [2.05, 4.69) is 5.32 Å². The lowest BCUT2D eigenvalue weighted by Crippen LogP contribution is -2.37. The lowest BCUT2D eigenvalue weighted by atomic mass is 10.1. The van der Waals surface area contributed by atoms with E-state index < -0.39 is 10.7 Å². The number of anilines is 1. The fourth-order valence-corrected chi connectivity index (χ4v) is 2.49. The fraction of sp³-hybridized carbons (Fsp3) is 0.273. The van der Waals surface area contributed by atoms with Gasteiger partial charge in [-0.2, -0.15) is 0 Å². The molecule has 0 aliphatic carbocycles. The number of aromatic carboxylic acids is 1. The minimum absolute atomic E-state index is 0.104. The Labute approximate surface area is 97.0 Å². The van der Waals surface area contributed by atoms with Crippen LogP contribution >= 0.6 is 11.8 Å². The zero-order valence-electron chi connectivity index (χ0n) is 8.90. The highest BCUT2D eigenvalue weighted by Crippen LogP contribution is 2.42. The summed E-state index contributed by atoms with van der Waals surface area (Å²) in [5.74, 6) is -1.10. The molecule has 0 aromatic heterocycles. The molecule has 1 aromatic carbocycles. The van der Waals surface area contributed by atoms with E-state index in [4.69, 9.17) is 5.11 Å². The molecule has 0 spiro atoms. The Morgan fingerprint density at radius 3 is 2.75 bits per heavy atom. The summed E-state index contributed by atoms with van der Waals surface area (Å²) in [5, 5.41) is 11.6. The van der Waals surface area contributed by atoms with E-state index >= 15 is 0 Å². The van der Waals surface area contributed by atoms with Crippen molar-refractivity contribution in [2.75, 3.05) is 5.32 Å². The van der Waals surface area contributed by atoms with Gasteiger partial charge >= 0.3 is 5.97 Å². The molecule has 2 rings (SSSR count). The standard InChI is InChI=1S/C11H11NO3S/c1-11(2)10(15)12-7-5-6(9(13)14)3-4-8(7)16-11/h3-5H,1-2H3,(H,12,15)(H,13,14). The first-order valence-electron chi connectivity index (χ1n) is 4.78. The van der Waals surface area contributed by atoms with Gasteiger partial charge in [-0.3, -0.25) is 4.79 Å². The number of thioether (sulfide) groups is 1. The molecule has 0 unspecified atom stereocenters. The first-order valence-corrected chi connectivity index (χ1v) is 5.59. The van der Waals surface area contributed by atoms with Crippen LogP contribution in [-0.4, -0.2) is 21.7 Å². The molecule has 0 fully saturated rings. The second-order valence-electron chi connectivity index (χ2n) is 4.08. The van der Waals surface area contributed by atoms with Gasteiger partial charge in [0.2, 0.25) is 5.91 Å². The number of hydrogen-bond donors (Lipinski definition) is 2. The average Bonchev–Trinajstić information content (AvgIpc) is 2.18. The number of hydrogen-bond acceptors (Lipinski definition) is 3. The highest BCUT2D eigenvalue weighted by atomic mass is 32.2. The number of carbonyl (C=O) groups is 2. The van der Waals surface area contributed by atoms with Crippen LogP contribution in [0.1, 0.15) is 24.2 Å². The summed E-state index contributed by atoms with van der Waals surface area (Å²) in [5.41, 5.74) is 0.758. The van der Waals surface area contributed by atoms with Crippen LogP contribution in [0.3, 0.4) is 0 Å². The summed E-state index contributed by atoms with van der Waals surface area (Å²) >= 11 is 1.44. The van der Waals surface area contributed by atoms with Gasteiger partial charge in [-0.25, -0.2) is 4.79 Å². The van der Waals surface area contributed by atoms with Crippen LogP contribution < -0.4 is 5.32 Å². The summed E-state index contributed by atoms with van der Waals surface area (Å²) in [7, 11) is 0. The van der Waals surface area contributed by atoms with Crippen LogP contribution in [-0.2, 0) is 4.79 Å². The van der Waals surface area contributed by atoms with Crippen LogP contribution in [0.5, 0.6) is 0 Å². The molecule has 1 aromatic rings. The van der Waals surface area contributed by atoms with Crippen molar-refractivity contribution in [3.05, 3.63) is 23.8 Å². The van der Waals surface area contributed by atoms with Crippen LogP contribution in [0.25, 0.3) is 0 Å². The second-order valence-corrected chi connectivity index (χ2v) is 5.75. The third-order valence-corrected chi connectivity index (χ3v) is 3.66. The Morgan fingerprint density at radius 1 is 1.44 bits per heavy atom. The number of carboxylic acids is 1. The molecule has 2 N–H and O–H groups in total. The Kier molecular flexibility index (Phi) is 2.42. The number of fused-ring (bicyclic) bond motifs is 1. The average molecular weight is 237 g/mol. The Balaban J connectivity index is 2.44. The Bertz CT molecular complexity index is 482. The number of carboxylic acid groups (broad SMARTS) is 1. The first kappa shape index (κ1) is 11.0. The monoisotopic (exact) mass is 237 g/mol. The molecule has 5 heteroatoms. The number of benzene rings is 1. The van der Waals surface area contributed by atoms with E-state index in [0.29, 0.717) is 5.69 Å². The van der Waals surface area contributed by atoms with Crippen LogP contribution in [0.2, 0.25) is 0 Å². The van der Waals surface area contributed by atoms with Crippen molar-refractivity contribution in [3.8, 4) is 0 Å². The molecule has 0 saturated carbocycles. The Hall–Kier alpha value is -1.49. The molecule has 0 radical (unpaired) electrons. The van der Waals surface area contributed by atoms with Gasteiger partial charge in [0.25, 0.3) is 0 Å². The van der Waals surface area contributed by atoms with E-state index in [-0.39, 0.29) is 11.5 Å². The lowest BCUT2D eigenvalue weighted by Gasteiger charge is -2.29. The van der Waals surface area contributed by atoms with E-state index in [9.17, 15) is 9.59 Å². The van der Waals surface area contributed by atoms with Crippen molar-refractivity contribution >= 4 is 29.3 Å². The van der Waals surface area contributed by atoms with Crippen LogP contribution in [0.15, 0.2) is 23.1 Å². The summed E-state index contributed by atoms with van der Waals surface area (Å²) in [6.07, 6.45) is 0. The van der Waals surface area contributed by atoms with Gasteiger partial charge in [-0.05, 0) is 32.0 Å². The lowest BCUT2D eigenvalue weighted by molar-refractivity contribution is -0.117. The SMILES string of the molecule is CC1(C)Sc2ccc(C(=O)O)cc2NC1=O. The van der Waals surface area contributed by atoms with Crippen LogP contribution in [0, 0.1) is 0 Å². The maximum atomic E-state index is 11.7. The van der Waals surface area contributed by atoms with Crippen molar-refractivity contribution in [3.63, 3.8) is 0 Å². The molecule has 1 aliphatic rings. The molecule has 4 nitrogen and oxygen atoms in total. The predicted octanol–water partition coefficient (Wildman–Crippen LogP) is 2.21. The van der Waals surface area contributed by atoms with Gasteiger partial charge < -0.3 is 10.4 Å². The normalized spacial score (nSPS) is 17.5. The number of nitrogens with one attached hydrogen (secondary N) is 1.